The number of hydrogen-bond acceptors (Lipinski definition) is 3. The van der Waals surface area contributed by atoms with E-state index in [1.165, 1.54) is 6.92 Å². The number of carboxylic acid groups (broad SMARTS) is 1. The molecule has 1 rings (SSSR count). The van der Waals surface area contributed by atoms with Crippen molar-refractivity contribution in [3.8, 4) is 0 Å². The summed E-state index contributed by atoms with van der Waals surface area (Å²) in [6.07, 6.45) is 1.57. The molecule has 21 heavy (non-hydrogen) atoms. The fraction of sp³-hybridized carbons (Fsp3) is 0.786. The fourth-order valence-electron chi connectivity index (χ4n) is 1.98. The molecule has 7 nitrogen and oxygen atoms in total. The predicted octanol–water partition coefficient (Wildman–Crippen LogP) is 0.700. The van der Waals surface area contributed by atoms with Gasteiger partial charge in [-0.2, -0.15) is 0 Å². The van der Waals surface area contributed by atoms with Gasteiger partial charge >= 0.3 is 12.0 Å². The fourth-order valence-corrected chi connectivity index (χ4v) is 1.98. The van der Waals surface area contributed by atoms with Gasteiger partial charge in [0.15, 0.2) is 0 Å². The molecule has 4 N–H and O–H groups in total. The molecule has 0 aromatic rings. The van der Waals surface area contributed by atoms with Crippen molar-refractivity contribution in [3.63, 3.8) is 0 Å². The van der Waals surface area contributed by atoms with Crippen LogP contribution in [0.25, 0.3) is 0 Å². The Hall–Kier alpha value is -1.79. The van der Waals surface area contributed by atoms with Crippen LogP contribution in [0.1, 0.15) is 40.5 Å². The van der Waals surface area contributed by atoms with Crippen molar-refractivity contribution in [2.24, 2.45) is 11.8 Å². The summed E-state index contributed by atoms with van der Waals surface area (Å²) in [7, 11) is 0. The van der Waals surface area contributed by atoms with Gasteiger partial charge in [0.05, 0.1) is 0 Å². The number of carbonyl (C=O) groups excluding carboxylic acids is 2. The Morgan fingerprint density at radius 2 is 1.81 bits per heavy atom. The number of aliphatic carboxylic acids is 1. The van der Waals surface area contributed by atoms with E-state index < -0.39 is 23.6 Å². The van der Waals surface area contributed by atoms with Gasteiger partial charge < -0.3 is 21.1 Å². The molecule has 0 aliphatic heterocycles. The molecular weight excluding hydrogens is 274 g/mol. The first-order chi connectivity index (χ1) is 9.66. The van der Waals surface area contributed by atoms with Gasteiger partial charge in [-0.25, -0.2) is 9.59 Å². The van der Waals surface area contributed by atoms with Crippen molar-refractivity contribution >= 4 is 17.9 Å². The molecule has 120 valence electrons. The van der Waals surface area contributed by atoms with E-state index in [9.17, 15) is 19.5 Å². The number of carbonyl (C=O) groups is 3. The zero-order valence-electron chi connectivity index (χ0n) is 13.0. The maximum atomic E-state index is 11.9. The second-order valence-corrected chi connectivity index (χ2v) is 6.24. The van der Waals surface area contributed by atoms with Crippen LogP contribution in [0.15, 0.2) is 0 Å². The van der Waals surface area contributed by atoms with Crippen LogP contribution in [-0.2, 0) is 9.59 Å². The Labute approximate surface area is 124 Å². The third-order valence-corrected chi connectivity index (χ3v) is 3.64. The minimum atomic E-state index is -1.28. The molecule has 0 spiro atoms. The number of amides is 3. The van der Waals surface area contributed by atoms with Crippen LogP contribution >= 0.6 is 0 Å². The van der Waals surface area contributed by atoms with Crippen LogP contribution in [0.2, 0.25) is 0 Å². The minimum Gasteiger partial charge on any atom is -0.480 e. The lowest BCUT2D eigenvalue weighted by Gasteiger charge is -2.27. The summed E-state index contributed by atoms with van der Waals surface area (Å²) in [5, 5.41) is 16.9. The SMILES string of the molecule is CC(C)CNC(=O)C(C)NC(=O)NC(C)(C(=O)O)C1CC1. The second kappa shape index (κ2) is 6.78. The van der Waals surface area contributed by atoms with E-state index in [4.69, 9.17) is 0 Å². The van der Waals surface area contributed by atoms with Gasteiger partial charge in [-0.15, -0.1) is 0 Å². The molecule has 0 aromatic carbocycles. The molecule has 3 amide bonds. The highest BCUT2D eigenvalue weighted by molar-refractivity contribution is 5.90. The van der Waals surface area contributed by atoms with Crippen LogP contribution in [0.4, 0.5) is 4.79 Å². The molecule has 2 atom stereocenters. The summed E-state index contributed by atoms with van der Waals surface area (Å²) in [6, 6.07) is -1.36. The third-order valence-electron chi connectivity index (χ3n) is 3.64. The Bertz CT molecular complexity index is 420. The minimum absolute atomic E-state index is 0.0502. The molecule has 0 radical (unpaired) electrons. The first-order valence-electron chi connectivity index (χ1n) is 7.26. The average Bonchev–Trinajstić information content (AvgIpc) is 3.19. The molecular formula is C14H25N3O4. The van der Waals surface area contributed by atoms with Crippen LogP contribution < -0.4 is 16.0 Å². The predicted molar refractivity (Wildman–Crippen MR) is 77.7 cm³/mol. The van der Waals surface area contributed by atoms with Crippen molar-refractivity contribution in [3.05, 3.63) is 0 Å². The molecule has 7 heteroatoms. The largest absolute Gasteiger partial charge is 0.480 e. The lowest BCUT2D eigenvalue weighted by molar-refractivity contribution is -0.144. The van der Waals surface area contributed by atoms with E-state index in [1.54, 1.807) is 6.92 Å². The highest BCUT2D eigenvalue weighted by atomic mass is 16.4. The van der Waals surface area contributed by atoms with Crippen molar-refractivity contribution in [2.75, 3.05) is 6.54 Å². The Morgan fingerprint density at radius 3 is 2.24 bits per heavy atom. The highest BCUT2D eigenvalue weighted by Crippen LogP contribution is 2.39. The molecule has 1 aliphatic rings. The summed E-state index contributed by atoms with van der Waals surface area (Å²) >= 11 is 0. The Morgan fingerprint density at radius 1 is 1.24 bits per heavy atom. The van der Waals surface area contributed by atoms with Gasteiger partial charge in [-0.3, -0.25) is 4.79 Å². The molecule has 1 saturated carbocycles. The van der Waals surface area contributed by atoms with E-state index in [2.05, 4.69) is 16.0 Å². The summed E-state index contributed by atoms with van der Waals surface area (Å²) < 4.78 is 0. The van der Waals surface area contributed by atoms with Crippen molar-refractivity contribution in [1.82, 2.24) is 16.0 Å². The zero-order valence-corrected chi connectivity index (χ0v) is 13.0. The van der Waals surface area contributed by atoms with E-state index >= 15 is 0 Å². The van der Waals surface area contributed by atoms with E-state index in [1.807, 2.05) is 13.8 Å². The standard InChI is InChI=1S/C14H25N3O4/c1-8(2)7-15-11(18)9(3)16-13(21)17-14(4,12(19)20)10-5-6-10/h8-10H,5-7H2,1-4H3,(H,15,18)(H,19,20)(H2,16,17,21). The molecule has 0 heterocycles. The van der Waals surface area contributed by atoms with E-state index in [0.717, 1.165) is 12.8 Å². The van der Waals surface area contributed by atoms with Gasteiger partial charge in [0, 0.05) is 6.54 Å². The maximum Gasteiger partial charge on any atom is 0.329 e. The average molecular weight is 299 g/mol. The number of carboxylic acids is 1. The quantitative estimate of drug-likeness (QED) is 0.555. The van der Waals surface area contributed by atoms with Gasteiger partial charge in [0.1, 0.15) is 11.6 Å². The smallest absolute Gasteiger partial charge is 0.329 e. The highest BCUT2D eigenvalue weighted by Gasteiger charge is 2.48. The van der Waals surface area contributed by atoms with Gasteiger partial charge in [-0.05, 0) is 38.5 Å². The lowest BCUT2D eigenvalue weighted by atomic mass is 9.96. The van der Waals surface area contributed by atoms with Crippen LogP contribution in [0.3, 0.4) is 0 Å². The molecule has 0 bridgehead atoms. The van der Waals surface area contributed by atoms with Crippen LogP contribution in [-0.4, -0.2) is 41.1 Å². The summed E-state index contributed by atoms with van der Waals surface area (Å²) in [5.41, 5.74) is -1.28. The molecule has 0 saturated heterocycles. The van der Waals surface area contributed by atoms with Crippen molar-refractivity contribution < 1.29 is 19.5 Å². The van der Waals surface area contributed by atoms with Crippen molar-refractivity contribution in [2.45, 2.75) is 52.1 Å². The summed E-state index contributed by atoms with van der Waals surface area (Å²) in [6.45, 7) is 7.53. The second-order valence-electron chi connectivity index (χ2n) is 6.24. The van der Waals surface area contributed by atoms with Gasteiger partial charge in [-0.1, -0.05) is 13.8 Å². The molecule has 1 fully saturated rings. The normalized spacial score (nSPS) is 18.5. The third kappa shape index (κ3) is 4.91. The maximum absolute atomic E-state index is 11.9. The Kier molecular flexibility index (Phi) is 5.57. The van der Waals surface area contributed by atoms with Crippen LogP contribution in [0.5, 0.6) is 0 Å². The number of rotatable bonds is 7. The van der Waals surface area contributed by atoms with Gasteiger partial charge in [0.25, 0.3) is 0 Å². The number of hydrogen-bond donors (Lipinski definition) is 4. The molecule has 2 unspecified atom stereocenters. The van der Waals surface area contributed by atoms with E-state index in [0.29, 0.717) is 12.5 Å². The first kappa shape index (κ1) is 17.3. The van der Waals surface area contributed by atoms with Gasteiger partial charge in [0.2, 0.25) is 5.91 Å². The molecule has 0 aromatic heterocycles. The van der Waals surface area contributed by atoms with Crippen molar-refractivity contribution in [1.29, 1.82) is 0 Å². The number of urea groups is 1. The molecule has 1 aliphatic carbocycles. The monoisotopic (exact) mass is 299 g/mol. The lowest BCUT2D eigenvalue weighted by Crippen LogP contribution is -2.59. The zero-order chi connectivity index (χ0) is 16.2. The van der Waals surface area contributed by atoms with E-state index in [-0.39, 0.29) is 11.8 Å². The number of nitrogens with one attached hydrogen (secondary N) is 3. The topological polar surface area (TPSA) is 108 Å². The summed E-state index contributed by atoms with van der Waals surface area (Å²) in [5.74, 6) is -1.08. The first-order valence-corrected chi connectivity index (χ1v) is 7.26. The Balaban J connectivity index is 2.48. The summed E-state index contributed by atoms with van der Waals surface area (Å²) in [4.78, 5) is 35.0. The van der Waals surface area contributed by atoms with Crippen LogP contribution in [0, 0.1) is 11.8 Å².